The number of carbonyl (C=O) groups excluding carboxylic acids is 1. The Hall–Kier alpha value is -1.62. The fourth-order valence-electron chi connectivity index (χ4n) is 2.05. The van der Waals surface area contributed by atoms with Crippen LogP contribution in [0.4, 0.5) is 14.9 Å². The molecule has 1 aliphatic heterocycles. The number of halogens is 1. The van der Waals surface area contributed by atoms with E-state index >= 15 is 0 Å². The number of aliphatic hydroxyl groups is 1. The normalized spacial score (nSPS) is 23.8. The molecule has 98 valence electrons. The van der Waals surface area contributed by atoms with Gasteiger partial charge in [0.15, 0.2) is 0 Å². The average Bonchev–Trinajstić information content (AvgIpc) is 2.35. The first-order valence-electron chi connectivity index (χ1n) is 6.06. The summed E-state index contributed by atoms with van der Waals surface area (Å²) in [6.07, 6.45) is 0.262. The number of anilines is 1. The summed E-state index contributed by atoms with van der Waals surface area (Å²) in [6, 6.07) is 5.45. The molecule has 1 fully saturated rings. The predicted molar refractivity (Wildman–Crippen MR) is 66.8 cm³/mol. The van der Waals surface area contributed by atoms with Crippen molar-refractivity contribution in [3.8, 4) is 0 Å². The monoisotopic (exact) mass is 252 g/mol. The Balaban J connectivity index is 1.94. The van der Waals surface area contributed by atoms with Crippen molar-refractivity contribution in [1.29, 1.82) is 0 Å². The smallest absolute Gasteiger partial charge is 0.321 e. The van der Waals surface area contributed by atoms with Crippen molar-refractivity contribution in [3.05, 3.63) is 30.1 Å². The van der Waals surface area contributed by atoms with Gasteiger partial charge in [-0.1, -0.05) is 6.92 Å². The van der Waals surface area contributed by atoms with E-state index in [2.05, 4.69) is 5.32 Å². The minimum absolute atomic E-state index is 0.0812. The van der Waals surface area contributed by atoms with Crippen molar-refractivity contribution in [2.45, 2.75) is 19.4 Å². The van der Waals surface area contributed by atoms with Crippen LogP contribution in [0.2, 0.25) is 0 Å². The fraction of sp³-hybridized carbons (Fsp3) is 0.462. The lowest BCUT2D eigenvalue weighted by Gasteiger charge is -2.34. The summed E-state index contributed by atoms with van der Waals surface area (Å²) < 4.78 is 12.7. The summed E-state index contributed by atoms with van der Waals surface area (Å²) in [7, 11) is 0. The second-order valence-corrected chi connectivity index (χ2v) is 4.72. The van der Waals surface area contributed by atoms with Gasteiger partial charge >= 0.3 is 6.03 Å². The Kier molecular flexibility index (Phi) is 3.81. The van der Waals surface area contributed by atoms with E-state index in [9.17, 15) is 14.3 Å². The summed E-state index contributed by atoms with van der Waals surface area (Å²) in [5.74, 6) is -0.250. The van der Waals surface area contributed by atoms with Crippen LogP contribution in [0.3, 0.4) is 0 Å². The number of piperidine rings is 1. The first kappa shape index (κ1) is 12.8. The zero-order valence-electron chi connectivity index (χ0n) is 10.3. The zero-order chi connectivity index (χ0) is 13.1. The largest absolute Gasteiger partial charge is 0.393 e. The van der Waals surface area contributed by atoms with E-state index < -0.39 is 0 Å². The second-order valence-electron chi connectivity index (χ2n) is 4.72. The molecule has 18 heavy (non-hydrogen) atoms. The summed E-state index contributed by atoms with van der Waals surface area (Å²) >= 11 is 0. The maximum Gasteiger partial charge on any atom is 0.321 e. The lowest BCUT2D eigenvalue weighted by Crippen LogP contribution is -2.46. The highest BCUT2D eigenvalue weighted by molar-refractivity contribution is 5.89. The van der Waals surface area contributed by atoms with Crippen LogP contribution in [-0.4, -0.2) is 35.2 Å². The molecule has 4 nitrogen and oxygen atoms in total. The molecule has 0 aliphatic carbocycles. The van der Waals surface area contributed by atoms with E-state index in [0.29, 0.717) is 25.2 Å². The van der Waals surface area contributed by atoms with Crippen LogP contribution >= 0.6 is 0 Å². The molecule has 2 unspecified atom stereocenters. The molecule has 0 saturated carbocycles. The van der Waals surface area contributed by atoms with Crippen molar-refractivity contribution in [1.82, 2.24) is 4.90 Å². The molecule has 1 aromatic carbocycles. The number of carbonyl (C=O) groups is 1. The highest BCUT2D eigenvalue weighted by Crippen LogP contribution is 2.18. The summed E-state index contributed by atoms with van der Waals surface area (Å²) in [5, 5.41) is 12.3. The third kappa shape index (κ3) is 2.98. The van der Waals surface area contributed by atoms with Crippen molar-refractivity contribution in [3.63, 3.8) is 0 Å². The highest BCUT2D eigenvalue weighted by Gasteiger charge is 2.27. The van der Waals surface area contributed by atoms with Crippen LogP contribution < -0.4 is 5.32 Å². The number of likely N-dealkylation sites (tertiary alicyclic amines) is 1. The lowest BCUT2D eigenvalue weighted by molar-refractivity contribution is 0.0506. The first-order valence-corrected chi connectivity index (χ1v) is 6.06. The van der Waals surface area contributed by atoms with E-state index in [-0.39, 0.29) is 23.9 Å². The number of urea groups is 1. The molecule has 1 heterocycles. The molecule has 1 aromatic rings. The molecule has 1 saturated heterocycles. The molecule has 2 atom stereocenters. The molecule has 0 radical (unpaired) electrons. The molecule has 0 aromatic heterocycles. The molecular weight excluding hydrogens is 235 g/mol. The number of nitrogens with zero attached hydrogens (tertiary/aromatic N) is 1. The van der Waals surface area contributed by atoms with E-state index in [4.69, 9.17) is 0 Å². The van der Waals surface area contributed by atoms with E-state index in [1.165, 1.54) is 24.3 Å². The summed E-state index contributed by atoms with van der Waals surface area (Å²) in [4.78, 5) is 13.6. The van der Waals surface area contributed by atoms with Gasteiger partial charge in [0.2, 0.25) is 0 Å². The first-order chi connectivity index (χ1) is 8.56. The minimum Gasteiger partial charge on any atom is -0.393 e. The summed E-state index contributed by atoms with van der Waals surface area (Å²) in [5.41, 5.74) is 0.570. The van der Waals surface area contributed by atoms with Gasteiger partial charge in [-0.15, -0.1) is 0 Å². The van der Waals surface area contributed by atoms with Crippen LogP contribution in [0.5, 0.6) is 0 Å². The molecule has 2 rings (SSSR count). The quantitative estimate of drug-likeness (QED) is 0.803. The third-order valence-electron chi connectivity index (χ3n) is 3.24. The number of hydrogen-bond donors (Lipinski definition) is 2. The second kappa shape index (κ2) is 5.35. The van der Waals surface area contributed by atoms with Crippen molar-refractivity contribution < 1.29 is 14.3 Å². The van der Waals surface area contributed by atoms with E-state index in [1.54, 1.807) is 4.90 Å². The van der Waals surface area contributed by atoms with Gasteiger partial charge in [-0.25, -0.2) is 9.18 Å². The van der Waals surface area contributed by atoms with Gasteiger partial charge in [0.05, 0.1) is 6.10 Å². The van der Waals surface area contributed by atoms with Crippen molar-refractivity contribution in [2.75, 3.05) is 18.4 Å². The lowest BCUT2D eigenvalue weighted by atomic mass is 9.97. The molecule has 5 heteroatoms. The summed E-state index contributed by atoms with van der Waals surface area (Å²) in [6.45, 7) is 2.99. The Bertz CT molecular complexity index is 422. The molecule has 1 aliphatic rings. The standard InChI is InChI=1S/C13H17FN2O2/c1-9-8-16(7-6-12(9)17)13(18)15-11-4-2-10(14)3-5-11/h2-5,9,12,17H,6-8H2,1H3,(H,15,18). The van der Waals surface area contributed by atoms with Crippen LogP contribution in [0.25, 0.3) is 0 Å². The minimum atomic E-state index is -0.333. The van der Waals surface area contributed by atoms with Gasteiger partial charge < -0.3 is 15.3 Å². The predicted octanol–water partition coefficient (Wildman–Crippen LogP) is 2.06. The van der Waals surface area contributed by atoms with Gasteiger partial charge in [-0.3, -0.25) is 0 Å². The Labute approximate surface area is 105 Å². The highest BCUT2D eigenvalue weighted by atomic mass is 19.1. The molecule has 0 bridgehead atoms. The van der Waals surface area contributed by atoms with Gasteiger partial charge in [-0.2, -0.15) is 0 Å². The van der Waals surface area contributed by atoms with E-state index in [0.717, 1.165) is 0 Å². The van der Waals surface area contributed by atoms with Crippen LogP contribution in [0.1, 0.15) is 13.3 Å². The number of nitrogens with one attached hydrogen (secondary N) is 1. The number of benzene rings is 1. The maximum atomic E-state index is 12.7. The van der Waals surface area contributed by atoms with Crippen molar-refractivity contribution >= 4 is 11.7 Å². The van der Waals surface area contributed by atoms with Gasteiger partial charge in [0.1, 0.15) is 5.82 Å². The molecule has 2 amide bonds. The van der Waals surface area contributed by atoms with Gasteiger partial charge in [-0.05, 0) is 36.6 Å². The Morgan fingerprint density at radius 3 is 2.72 bits per heavy atom. The SMILES string of the molecule is CC1CN(C(=O)Nc2ccc(F)cc2)CCC1O. The topological polar surface area (TPSA) is 52.6 Å². The van der Waals surface area contributed by atoms with Crippen LogP contribution in [0.15, 0.2) is 24.3 Å². The molecule has 0 spiro atoms. The number of rotatable bonds is 1. The Morgan fingerprint density at radius 1 is 1.44 bits per heavy atom. The molecule has 2 N–H and O–H groups in total. The Morgan fingerprint density at radius 2 is 2.11 bits per heavy atom. The number of hydrogen-bond acceptors (Lipinski definition) is 2. The number of amides is 2. The maximum absolute atomic E-state index is 12.7. The van der Waals surface area contributed by atoms with Crippen molar-refractivity contribution in [2.24, 2.45) is 5.92 Å². The van der Waals surface area contributed by atoms with Gasteiger partial charge in [0.25, 0.3) is 0 Å². The fourth-order valence-corrected chi connectivity index (χ4v) is 2.05. The van der Waals surface area contributed by atoms with E-state index in [1.807, 2.05) is 6.92 Å². The van der Waals surface area contributed by atoms with Crippen LogP contribution in [0, 0.1) is 11.7 Å². The van der Waals surface area contributed by atoms with Crippen LogP contribution in [-0.2, 0) is 0 Å². The average molecular weight is 252 g/mol. The third-order valence-corrected chi connectivity index (χ3v) is 3.24. The molecular formula is C13H17FN2O2. The van der Waals surface area contributed by atoms with Gasteiger partial charge in [0, 0.05) is 18.8 Å². The zero-order valence-corrected chi connectivity index (χ0v) is 10.3. The number of aliphatic hydroxyl groups excluding tert-OH is 1.